The second kappa shape index (κ2) is 4.96. The summed E-state index contributed by atoms with van der Waals surface area (Å²) in [5, 5.41) is 0.800. The summed E-state index contributed by atoms with van der Waals surface area (Å²) in [5.41, 5.74) is 2.87. The lowest BCUT2D eigenvalue weighted by Crippen LogP contribution is -2.33. The van der Waals surface area contributed by atoms with Gasteiger partial charge in [-0.05, 0) is 32.0 Å². The third-order valence-corrected chi connectivity index (χ3v) is 5.68. The number of anilines is 1. The molecule has 1 aromatic carbocycles. The second-order valence-corrected chi connectivity index (χ2v) is 7.39. The van der Waals surface area contributed by atoms with Crippen molar-refractivity contribution in [1.29, 1.82) is 0 Å². The van der Waals surface area contributed by atoms with Crippen molar-refractivity contribution in [2.24, 2.45) is 23.7 Å². The fraction of sp³-hybridized carbons (Fsp3) is 0.333. The Morgan fingerprint density at radius 2 is 1.57 bits per heavy atom. The van der Waals surface area contributed by atoms with Gasteiger partial charge in [0.1, 0.15) is 0 Å². The van der Waals surface area contributed by atoms with Crippen LogP contribution in [0.25, 0.3) is 0 Å². The lowest BCUT2D eigenvalue weighted by molar-refractivity contribution is -0.122. The molecule has 1 saturated heterocycles. The van der Waals surface area contributed by atoms with Crippen molar-refractivity contribution in [2.75, 3.05) is 4.90 Å². The highest BCUT2D eigenvalue weighted by molar-refractivity contribution is 6.38. The van der Waals surface area contributed by atoms with Crippen LogP contribution in [0.5, 0.6) is 0 Å². The fourth-order valence-electron chi connectivity index (χ4n) is 4.33. The average molecular weight is 348 g/mol. The van der Waals surface area contributed by atoms with Crippen LogP contribution in [-0.4, -0.2) is 11.8 Å². The number of imide groups is 1. The minimum absolute atomic E-state index is 0.0440. The van der Waals surface area contributed by atoms with Crippen molar-refractivity contribution < 1.29 is 9.59 Å². The number of rotatable bonds is 1. The number of carbonyl (C=O) groups is 2. The Morgan fingerprint density at radius 3 is 2.04 bits per heavy atom. The van der Waals surface area contributed by atoms with Gasteiger partial charge in [-0.2, -0.15) is 0 Å². The van der Waals surface area contributed by atoms with E-state index < -0.39 is 0 Å². The van der Waals surface area contributed by atoms with Crippen molar-refractivity contribution in [1.82, 2.24) is 0 Å². The first-order valence-corrected chi connectivity index (χ1v) is 8.36. The molecule has 118 valence electrons. The highest BCUT2D eigenvalue weighted by atomic mass is 35.5. The number of fused-ring (bicyclic) bond motifs is 5. The second-order valence-electron chi connectivity index (χ2n) is 6.55. The number of nitrogens with zero attached hydrogens (tertiary/aromatic N) is 1. The van der Waals surface area contributed by atoms with Gasteiger partial charge in [0.25, 0.3) is 0 Å². The fourth-order valence-corrected chi connectivity index (χ4v) is 4.82. The van der Waals surface area contributed by atoms with E-state index >= 15 is 0 Å². The molecule has 1 aromatic rings. The van der Waals surface area contributed by atoms with E-state index in [1.165, 1.54) is 16.0 Å². The highest BCUT2D eigenvalue weighted by Gasteiger charge is 2.62. The molecule has 4 atom stereocenters. The first-order valence-electron chi connectivity index (χ1n) is 7.60. The van der Waals surface area contributed by atoms with E-state index in [1.54, 1.807) is 18.2 Å². The molecule has 3 nitrogen and oxygen atoms in total. The van der Waals surface area contributed by atoms with Gasteiger partial charge in [-0.1, -0.05) is 46.5 Å². The molecule has 1 saturated carbocycles. The van der Waals surface area contributed by atoms with Crippen molar-refractivity contribution >= 4 is 40.7 Å². The maximum Gasteiger partial charge on any atom is 0.238 e. The Bertz CT molecular complexity index is 773. The molecule has 3 aliphatic rings. The van der Waals surface area contributed by atoms with E-state index in [9.17, 15) is 9.59 Å². The number of amides is 2. The van der Waals surface area contributed by atoms with Crippen LogP contribution in [0.4, 0.5) is 5.69 Å². The van der Waals surface area contributed by atoms with E-state index in [0.717, 1.165) is 0 Å². The van der Waals surface area contributed by atoms with Gasteiger partial charge in [0.05, 0.1) is 22.5 Å². The summed E-state index contributed by atoms with van der Waals surface area (Å²) in [6.45, 7) is 4.10. The lowest BCUT2D eigenvalue weighted by Gasteiger charge is -2.20. The molecular formula is C18H15Cl2NO2. The Morgan fingerprint density at radius 1 is 1.00 bits per heavy atom. The van der Waals surface area contributed by atoms with Crippen LogP contribution in [0.3, 0.4) is 0 Å². The number of halogens is 2. The smallest absolute Gasteiger partial charge is 0.238 e. The number of hydrogen-bond acceptors (Lipinski definition) is 2. The molecule has 2 aliphatic carbocycles. The predicted molar refractivity (Wildman–Crippen MR) is 90.4 cm³/mol. The molecule has 23 heavy (non-hydrogen) atoms. The summed E-state index contributed by atoms with van der Waals surface area (Å²) in [4.78, 5) is 27.2. The third kappa shape index (κ3) is 1.90. The number of benzene rings is 1. The monoisotopic (exact) mass is 347 g/mol. The van der Waals surface area contributed by atoms with E-state index in [0.29, 0.717) is 15.7 Å². The van der Waals surface area contributed by atoms with Gasteiger partial charge in [-0.3, -0.25) is 9.59 Å². The molecule has 0 radical (unpaired) electrons. The lowest BCUT2D eigenvalue weighted by atomic mass is 9.85. The Balaban J connectivity index is 1.79. The van der Waals surface area contributed by atoms with Gasteiger partial charge in [0.2, 0.25) is 11.8 Å². The molecule has 1 aliphatic heterocycles. The van der Waals surface area contributed by atoms with Crippen LogP contribution in [0.2, 0.25) is 10.0 Å². The molecule has 1 heterocycles. The molecular weight excluding hydrogens is 333 g/mol. The molecule has 0 N–H and O–H groups in total. The number of carbonyl (C=O) groups excluding carboxylic acids is 2. The minimum Gasteiger partial charge on any atom is -0.274 e. The maximum absolute atomic E-state index is 12.9. The van der Waals surface area contributed by atoms with Crippen molar-refractivity contribution in [3.8, 4) is 0 Å². The molecule has 4 rings (SSSR count). The van der Waals surface area contributed by atoms with Crippen molar-refractivity contribution in [3.63, 3.8) is 0 Å². The third-order valence-electron chi connectivity index (χ3n) is 5.14. The zero-order valence-corrected chi connectivity index (χ0v) is 14.2. The van der Waals surface area contributed by atoms with Gasteiger partial charge < -0.3 is 0 Å². The van der Waals surface area contributed by atoms with Crippen LogP contribution >= 0.6 is 23.2 Å². The zero-order chi connectivity index (χ0) is 16.5. The van der Waals surface area contributed by atoms with Gasteiger partial charge >= 0.3 is 0 Å². The van der Waals surface area contributed by atoms with Crippen LogP contribution in [0.15, 0.2) is 41.5 Å². The van der Waals surface area contributed by atoms with Crippen LogP contribution in [-0.2, 0) is 9.59 Å². The van der Waals surface area contributed by atoms with Crippen molar-refractivity contribution in [2.45, 2.75) is 13.8 Å². The van der Waals surface area contributed by atoms with E-state index in [-0.39, 0.29) is 35.5 Å². The molecule has 2 bridgehead atoms. The van der Waals surface area contributed by atoms with Gasteiger partial charge in [0.15, 0.2) is 0 Å². The average Bonchev–Trinajstić information content (AvgIpc) is 3.11. The standard InChI is InChI=1S/C18H15Cl2NO2/c1-8(2)14-10-4-5-11(14)16-15(10)17(22)21(18(16)23)13-6-3-9(19)7-12(13)20/h3-7,10-11,15-16H,1-2H3/t10-,11-,15-,16-/m0/s1. The van der Waals surface area contributed by atoms with Crippen LogP contribution in [0, 0.1) is 23.7 Å². The largest absolute Gasteiger partial charge is 0.274 e. The van der Waals surface area contributed by atoms with E-state index in [1.807, 2.05) is 13.8 Å². The normalized spacial score (nSPS) is 31.3. The summed E-state index contributed by atoms with van der Waals surface area (Å²) in [6, 6.07) is 4.84. The molecule has 0 unspecified atom stereocenters. The summed E-state index contributed by atoms with van der Waals surface area (Å²) in [7, 11) is 0. The summed E-state index contributed by atoms with van der Waals surface area (Å²) >= 11 is 12.1. The Hall–Kier alpha value is -1.58. The first-order chi connectivity index (χ1) is 10.9. The maximum atomic E-state index is 12.9. The molecule has 5 heteroatoms. The van der Waals surface area contributed by atoms with Crippen molar-refractivity contribution in [3.05, 3.63) is 51.5 Å². The SMILES string of the molecule is CC(C)=C1[C@@H]2C=C[C@@H]1[C@@H]1C(=O)N(c3ccc(Cl)cc3Cl)C(=O)[C@H]12. The van der Waals surface area contributed by atoms with Gasteiger partial charge in [-0.15, -0.1) is 0 Å². The summed E-state index contributed by atoms with van der Waals surface area (Å²) in [6.07, 6.45) is 4.15. The van der Waals surface area contributed by atoms with Crippen LogP contribution in [0.1, 0.15) is 13.8 Å². The van der Waals surface area contributed by atoms with E-state index in [2.05, 4.69) is 12.2 Å². The number of allylic oxidation sites excluding steroid dienone is 4. The minimum atomic E-state index is -0.297. The van der Waals surface area contributed by atoms with E-state index in [4.69, 9.17) is 23.2 Å². The zero-order valence-electron chi connectivity index (χ0n) is 12.7. The highest BCUT2D eigenvalue weighted by Crippen LogP contribution is 2.57. The topological polar surface area (TPSA) is 37.4 Å². The quantitative estimate of drug-likeness (QED) is 0.562. The molecule has 0 aromatic heterocycles. The molecule has 0 spiro atoms. The van der Waals surface area contributed by atoms with Gasteiger partial charge in [-0.25, -0.2) is 4.90 Å². The van der Waals surface area contributed by atoms with Crippen LogP contribution < -0.4 is 4.90 Å². The number of hydrogen-bond donors (Lipinski definition) is 0. The first kappa shape index (κ1) is 15.0. The predicted octanol–water partition coefficient (Wildman–Crippen LogP) is 4.25. The molecule has 2 amide bonds. The summed E-state index contributed by atoms with van der Waals surface area (Å²) < 4.78 is 0. The van der Waals surface area contributed by atoms with Gasteiger partial charge in [0, 0.05) is 16.9 Å². The summed E-state index contributed by atoms with van der Waals surface area (Å²) in [5.74, 6) is -0.812. The Kier molecular flexibility index (Phi) is 3.23. The molecule has 2 fully saturated rings. The Labute approximate surface area is 144 Å².